The van der Waals surface area contributed by atoms with Crippen LogP contribution in [0.2, 0.25) is 5.02 Å². The summed E-state index contributed by atoms with van der Waals surface area (Å²) in [6.45, 7) is 3.07. The smallest absolute Gasteiger partial charge is 0.247 e. The highest BCUT2D eigenvalue weighted by Gasteiger charge is 2.41. The highest BCUT2D eigenvalue weighted by Crippen LogP contribution is 2.32. The number of benzene rings is 2. The van der Waals surface area contributed by atoms with E-state index in [1.807, 2.05) is 59.5 Å². The zero-order chi connectivity index (χ0) is 32.3. The number of nitrogens with one attached hydrogen (secondary N) is 1. The van der Waals surface area contributed by atoms with Gasteiger partial charge in [-0.2, -0.15) is 0 Å². The van der Waals surface area contributed by atoms with Gasteiger partial charge >= 0.3 is 0 Å². The summed E-state index contributed by atoms with van der Waals surface area (Å²) in [6.07, 6.45) is 5.86. The molecule has 1 aromatic heterocycles. The molecule has 5 rings (SSSR count). The van der Waals surface area contributed by atoms with E-state index in [2.05, 4.69) is 10.3 Å². The quantitative estimate of drug-likeness (QED) is 0.208. The van der Waals surface area contributed by atoms with Gasteiger partial charge in [0.15, 0.2) is 0 Å². The van der Waals surface area contributed by atoms with Gasteiger partial charge < -0.3 is 29.2 Å². The fraction of sp³-hybridized carbons (Fsp3) is 0.457. The average Bonchev–Trinajstić information content (AvgIpc) is 3.92. The van der Waals surface area contributed by atoms with Gasteiger partial charge in [0.05, 0.1) is 38.5 Å². The number of methoxy groups -OCH3 is 2. The first-order valence-corrected chi connectivity index (χ1v) is 16.2. The maximum Gasteiger partial charge on any atom is 0.247 e. The van der Waals surface area contributed by atoms with Gasteiger partial charge in [-0.05, 0) is 67.6 Å². The van der Waals surface area contributed by atoms with Crippen LogP contribution in [-0.4, -0.2) is 80.9 Å². The minimum Gasteiger partial charge on any atom is -0.496 e. The molecule has 1 saturated carbocycles. The molecule has 3 aromatic rings. The van der Waals surface area contributed by atoms with Gasteiger partial charge in [-0.15, -0.1) is 0 Å². The SMILES string of the molecule is COCCCc1cc(CN(C(=O)[C@H]2CNCC(=O)N2c2ccc(OCCCOCc3ccccc3OC)cc2)C2CC2)c(Cl)cn1. The van der Waals surface area contributed by atoms with Crippen LogP contribution in [0.3, 0.4) is 0 Å². The zero-order valence-electron chi connectivity index (χ0n) is 26.6. The van der Waals surface area contributed by atoms with Gasteiger partial charge in [0.2, 0.25) is 11.8 Å². The molecule has 2 fully saturated rings. The summed E-state index contributed by atoms with van der Waals surface area (Å²) in [5.41, 5.74) is 3.44. The summed E-state index contributed by atoms with van der Waals surface area (Å²) in [5.74, 6) is 1.26. The van der Waals surface area contributed by atoms with E-state index in [1.54, 1.807) is 25.3 Å². The van der Waals surface area contributed by atoms with Crippen LogP contribution < -0.4 is 19.7 Å². The van der Waals surface area contributed by atoms with Crippen LogP contribution in [0.4, 0.5) is 5.69 Å². The minimum absolute atomic E-state index is 0.0923. The van der Waals surface area contributed by atoms with Gasteiger partial charge in [0, 0.05) is 62.4 Å². The van der Waals surface area contributed by atoms with Crippen LogP contribution >= 0.6 is 11.6 Å². The topological polar surface area (TPSA) is 102 Å². The number of piperazine rings is 1. The van der Waals surface area contributed by atoms with Crippen molar-refractivity contribution in [2.24, 2.45) is 0 Å². The van der Waals surface area contributed by atoms with Crippen LogP contribution in [0.25, 0.3) is 0 Å². The number of ether oxygens (including phenoxy) is 4. The first kappa shape index (κ1) is 33.7. The molecule has 0 spiro atoms. The number of aryl methyl sites for hydroxylation is 1. The van der Waals surface area contributed by atoms with E-state index in [0.29, 0.717) is 56.0 Å². The largest absolute Gasteiger partial charge is 0.496 e. The van der Waals surface area contributed by atoms with Crippen molar-refractivity contribution >= 4 is 29.1 Å². The Morgan fingerprint density at radius 2 is 1.85 bits per heavy atom. The Morgan fingerprint density at radius 1 is 1.04 bits per heavy atom. The summed E-state index contributed by atoms with van der Waals surface area (Å²) >= 11 is 6.55. The Labute approximate surface area is 275 Å². The monoisotopic (exact) mass is 650 g/mol. The summed E-state index contributed by atoms with van der Waals surface area (Å²) < 4.78 is 22.3. The van der Waals surface area contributed by atoms with Crippen LogP contribution in [-0.2, 0) is 38.6 Å². The second kappa shape index (κ2) is 16.7. The predicted octanol–water partition coefficient (Wildman–Crippen LogP) is 4.80. The number of anilines is 1. The van der Waals surface area contributed by atoms with Gasteiger partial charge in [-0.25, -0.2) is 0 Å². The molecule has 2 aromatic carbocycles. The van der Waals surface area contributed by atoms with E-state index in [1.165, 1.54) is 0 Å². The van der Waals surface area contributed by atoms with Gasteiger partial charge in [-0.1, -0.05) is 29.8 Å². The number of aromatic nitrogens is 1. The van der Waals surface area contributed by atoms with Crippen LogP contribution in [0, 0.1) is 0 Å². The van der Waals surface area contributed by atoms with E-state index in [4.69, 9.17) is 30.5 Å². The lowest BCUT2D eigenvalue weighted by molar-refractivity contribution is -0.136. The molecule has 1 N–H and O–H groups in total. The van der Waals surface area contributed by atoms with E-state index < -0.39 is 6.04 Å². The molecule has 0 unspecified atom stereocenters. The number of rotatable bonds is 17. The Morgan fingerprint density at radius 3 is 2.61 bits per heavy atom. The minimum atomic E-state index is -0.671. The molecule has 2 amide bonds. The molecule has 1 aliphatic heterocycles. The Hall–Kier alpha value is -3.70. The standard InChI is InChI=1S/C35H43ClN4O6/c1-43-16-5-8-27-19-26(31(36)20-38-27)23-39(28-10-11-28)35(42)32-21-37-22-34(41)40(32)29-12-14-30(15-13-29)46-18-6-17-45-24-25-7-3-4-9-33(25)44-2/h3-4,7,9,12-15,19-20,28,32,37H,5-6,8,10-11,16-18,21-24H2,1-2H3/t32-/m1/s1. The lowest BCUT2D eigenvalue weighted by atomic mass is 10.1. The predicted molar refractivity (Wildman–Crippen MR) is 176 cm³/mol. The number of hydrogen-bond donors (Lipinski definition) is 1. The Bertz CT molecular complexity index is 1450. The van der Waals surface area contributed by atoms with Crippen LogP contribution in [0.5, 0.6) is 11.5 Å². The van der Waals surface area contributed by atoms with E-state index in [-0.39, 0.29) is 24.4 Å². The second-order valence-electron chi connectivity index (χ2n) is 11.5. The van der Waals surface area contributed by atoms with Crippen molar-refractivity contribution in [1.82, 2.24) is 15.2 Å². The van der Waals surface area contributed by atoms with Crippen molar-refractivity contribution in [2.45, 2.75) is 57.3 Å². The maximum absolute atomic E-state index is 14.1. The lowest BCUT2D eigenvalue weighted by Gasteiger charge is -2.38. The molecular weight excluding hydrogens is 608 g/mol. The Kier molecular flexibility index (Phi) is 12.2. The van der Waals surface area contributed by atoms with Gasteiger partial charge in [0.1, 0.15) is 17.5 Å². The molecule has 2 aliphatic rings. The summed E-state index contributed by atoms with van der Waals surface area (Å²) in [5, 5.41) is 3.66. The Balaban J connectivity index is 1.18. The molecule has 0 bridgehead atoms. The third-order valence-corrected chi connectivity index (χ3v) is 8.47. The fourth-order valence-electron chi connectivity index (χ4n) is 5.58. The molecule has 10 nitrogen and oxygen atoms in total. The number of nitrogens with zero attached hydrogens (tertiary/aromatic N) is 3. The molecule has 11 heteroatoms. The van der Waals surface area contributed by atoms with Gasteiger partial charge in [-0.3, -0.25) is 19.5 Å². The number of hydrogen-bond acceptors (Lipinski definition) is 8. The third kappa shape index (κ3) is 8.97. The van der Waals surface area contributed by atoms with Crippen molar-refractivity contribution in [3.05, 3.63) is 82.6 Å². The van der Waals surface area contributed by atoms with E-state index in [9.17, 15) is 9.59 Å². The zero-order valence-corrected chi connectivity index (χ0v) is 27.3. The molecule has 1 atom stereocenters. The molecule has 1 aliphatic carbocycles. The van der Waals surface area contributed by atoms with Crippen LogP contribution in [0.1, 0.15) is 42.5 Å². The van der Waals surface area contributed by atoms with Crippen LogP contribution in [0.15, 0.2) is 60.8 Å². The number of amides is 2. The number of pyridine rings is 1. The van der Waals surface area contributed by atoms with Crippen molar-refractivity contribution in [3.8, 4) is 11.5 Å². The van der Waals surface area contributed by atoms with Crippen molar-refractivity contribution < 1.29 is 28.5 Å². The van der Waals surface area contributed by atoms with Gasteiger partial charge in [0.25, 0.3) is 0 Å². The molecule has 2 heterocycles. The summed E-state index contributed by atoms with van der Waals surface area (Å²) in [4.78, 5) is 35.3. The molecule has 246 valence electrons. The molecular formula is C35H43ClN4O6. The van der Waals surface area contributed by atoms with E-state index in [0.717, 1.165) is 54.7 Å². The first-order valence-electron chi connectivity index (χ1n) is 15.9. The average molecular weight is 651 g/mol. The first-order chi connectivity index (χ1) is 22.5. The normalized spacial score (nSPS) is 16.4. The summed E-state index contributed by atoms with van der Waals surface area (Å²) in [7, 11) is 3.33. The maximum atomic E-state index is 14.1. The highest BCUT2D eigenvalue weighted by molar-refractivity contribution is 6.31. The molecule has 46 heavy (non-hydrogen) atoms. The number of halogens is 1. The highest BCUT2D eigenvalue weighted by atomic mass is 35.5. The molecule has 0 radical (unpaired) electrons. The van der Waals surface area contributed by atoms with Crippen molar-refractivity contribution in [1.29, 1.82) is 0 Å². The number of carbonyl (C=O) groups excluding carboxylic acids is 2. The summed E-state index contributed by atoms with van der Waals surface area (Å²) in [6, 6.07) is 16.6. The van der Waals surface area contributed by atoms with E-state index >= 15 is 0 Å². The fourth-order valence-corrected chi connectivity index (χ4v) is 5.74. The number of para-hydroxylation sites is 1. The second-order valence-corrected chi connectivity index (χ2v) is 11.9. The lowest BCUT2D eigenvalue weighted by Crippen LogP contribution is -2.61. The number of carbonyl (C=O) groups is 2. The van der Waals surface area contributed by atoms with Crippen molar-refractivity contribution in [3.63, 3.8) is 0 Å². The third-order valence-electron chi connectivity index (χ3n) is 8.13. The van der Waals surface area contributed by atoms with Crippen molar-refractivity contribution in [2.75, 3.05) is 52.0 Å². The molecule has 1 saturated heterocycles.